The summed E-state index contributed by atoms with van der Waals surface area (Å²) >= 11 is 3.42. The van der Waals surface area contributed by atoms with E-state index < -0.39 is 0 Å². The molecule has 76 valence electrons. The summed E-state index contributed by atoms with van der Waals surface area (Å²) in [6, 6.07) is 8.30. The molecular formula is C11H14BrNO. The lowest BCUT2D eigenvalue weighted by Crippen LogP contribution is -2.31. The van der Waals surface area contributed by atoms with Gasteiger partial charge in [0.05, 0.1) is 0 Å². The first-order valence-corrected chi connectivity index (χ1v) is 5.39. The number of amides is 1. The van der Waals surface area contributed by atoms with Crippen molar-refractivity contribution in [1.29, 1.82) is 0 Å². The lowest BCUT2D eigenvalue weighted by Gasteiger charge is -2.12. The molecule has 1 amide bonds. The van der Waals surface area contributed by atoms with E-state index in [4.69, 9.17) is 0 Å². The number of halogens is 1. The van der Waals surface area contributed by atoms with E-state index in [1.54, 1.807) is 0 Å². The molecule has 1 aromatic carbocycles. The van der Waals surface area contributed by atoms with Crippen molar-refractivity contribution in [2.45, 2.75) is 26.3 Å². The molecular weight excluding hydrogens is 242 g/mol. The molecule has 0 aliphatic carbocycles. The molecule has 1 rings (SSSR count). The van der Waals surface area contributed by atoms with Crippen LogP contribution in [0.1, 0.15) is 19.4 Å². The van der Waals surface area contributed by atoms with Crippen LogP contribution in [0.2, 0.25) is 0 Å². The zero-order valence-electron chi connectivity index (χ0n) is 8.38. The minimum Gasteiger partial charge on any atom is -0.354 e. The summed E-state index contributed by atoms with van der Waals surface area (Å²) in [7, 11) is 0. The number of hydrogen-bond donors (Lipinski definition) is 1. The molecule has 1 N–H and O–H groups in total. The van der Waals surface area contributed by atoms with Crippen molar-refractivity contribution >= 4 is 21.8 Å². The van der Waals surface area contributed by atoms with Crippen LogP contribution in [0.3, 0.4) is 0 Å². The topological polar surface area (TPSA) is 29.1 Å². The Morgan fingerprint density at radius 1 is 1.57 bits per heavy atom. The number of hydrogen-bond acceptors (Lipinski definition) is 1. The molecule has 1 atom stereocenters. The van der Waals surface area contributed by atoms with E-state index in [-0.39, 0.29) is 11.9 Å². The molecule has 0 aromatic heterocycles. The van der Waals surface area contributed by atoms with Crippen molar-refractivity contribution in [3.63, 3.8) is 0 Å². The van der Waals surface area contributed by atoms with Gasteiger partial charge in [-0.25, -0.2) is 0 Å². The van der Waals surface area contributed by atoms with Gasteiger partial charge in [0.25, 0.3) is 0 Å². The summed E-state index contributed by atoms with van der Waals surface area (Å²) in [6.07, 6.45) is 0.860. The van der Waals surface area contributed by atoms with E-state index in [1.165, 1.54) is 12.5 Å². The molecule has 0 aliphatic rings. The van der Waals surface area contributed by atoms with Crippen molar-refractivity contribution in [2.24, 2.45) is 0 Å². The standard InChI is InChI=1S/C11H14BrNO/c1-8(13-9(2)14)6-10-4-3-5-11(12)7-10/h3-5,7-8H,6H2,1-2H3,(H,13,14). The van der Waals surface area contributed by atoms with Crippen molar-refractivity contribution in [1.82, 2.24) is 5.32 Å². The fraction of sp³-hybridized carbons (Fsp3) is 0.364. The zero-order chi connectivity index (χ0) is 10.6. The molecule has 0 saturated carbocycles. The fourth-order valence-electron chi connectivity index (χ4n) is 1.42. The highest BCUT2D eigenvalue weighted by atomic mass is 79.9. The molecule has 2 nitrogen and oxygen atoms in total. The molecule has 0 fully saturated rings. The second kappa shape index (κ2) is 5.15. The van der Waals surface area contributed by atoms with E-state index in [0.717, 1.165) is 10.9 Å². The maximum Gasteiger partial charge on any atom is 0.217 e. The molecule has 0 heterocycles. The monoisotopic (exact) mass is 255 g/mol. The quantitative estimate of drug-likeness (QED) is 0.884. The van der Waals surface area contributed by atoms with Crippen LogP contribution in [0.25, 0.3) is 0 Å². The number of carbonyl (C=O) groups excluding carboxylic acids is 1. The van der Waals surface area contributed by atoms with Crippen LogP contribution in [-0.2, 0) is 11.2 Å². The molecule has 3 heteroatoms. The first-order valence-electron chi connectivity index (χ1n) is 4.59. The highest BCUT2D eigenvalue weighted by molar-refractivity contribution is 9.10. The maximum absolute atomic E-state index is 10.8. The Labute approximate surface area is 92.8 Å². The average molecular weight is 256 g/mol. The van der Waals surface area contributed by atoms with Crippen LogP contribution < -0.4 is 5.32 Å². The summed E-state index contributed by atoms with van der Waals surface area (Å²) in [5, 5.41) is 2.86. The van der Waals surface area contributed by atoms with Crippen LogP contribution >= 0.6 is 15.9 Å². The van der Waals surface area contributed by atoms with Gasteiger partial charge >= 0.3 is 0 Å². The predicted octanol–water partition coefficient (Wildman–Crippen LogP) is 2.52. The highest BCUT2D eigenvalue weighted by Gasteiger charge is 2.04. The van der Waals surface area contributed by atoms with E-state index in [9.17, 15) is 4.79 Å². The van der Waals surface area contributed by atoms with Crippen molar-refractivity contribution in [3.8, 4) is 0 Å². The van der Waals surface area contributed by atoms with Crippen LogP contribution in [0, 0.1) is 0 Å². The van der Waals surface area contributed by atoms with Gasteiger partial charge < -0.3 is 5.32 Å². The summed E-state index contributed by atoms with van der Waals surface area (Å²) in [6.45, 7) is 3.54. The van der Waals surface area contributed by atoms with E-state index in [0.29, 0.717) is 0 Å². The van der Waals surface area contributed by atoms with Gasteiger partial charge in [-0.2, -0.15) is 0 Å². The number of nitrogens with one attached hydrogen (secondary N) is 1. The lowest BCUT2D eigenvalue weighted by molar-refractivity contribution is -0.119. The molecule has 1 aromatic rings. The van der Waals surface area contributed by atoms with Crippen molar-refractivity contribution < 1.29 is 4.79 Å². The Bertz CT molecular complexity index is 325. The molecule has 14 heavy (non-hydrogen) atoms. The zero-order valence-corrected chi connectivity index (χ0v) is 9.97. The van der Waals surface area contributed by atoms with Crippen molar-refractivity contribution in [3.05, 3.63) is 34.3 Å². The SMILES string of the molecule is CC(=O)NC(C)Cc1cccc(Br)c1. The van der Waals surface area contributed by atoms with Gasteiger partial charge in [-0.15, -0.1) is 0 Å². The van der Waals surface area contributed by atoms with Gasteiger partial charge in [-0.3, -0.25) is 4.79 Å². The predicted molar refractivity (Wildman–Crippen MR) is 61.1 cm³/mol. The summed E-state index contributed by atoms with van der Waals surface area (Å²) in [5.41, 5.74) is 1.22. The van der Waals surface area contributed by atoms with E-state index >= 15 is 0 Å². The van der Waals surface area contributed by atoms with Gasteiger partial charge in [0, 0.05) is 17.4 Å². The van der Waals surface area contributed by atoms with Gasteiger partial charge in [-0.1, -0.05) is 28.1 Å². The summed E-state index contributed by atoms with van der Waals surface area (Å²) in [4.78, 5) is 10.8. The molecule has 0 aliphatic heterocycles. The Morgan fingerprint density at radius 2 is 2.29 bits per heavy atom. The van der Waals surface area contributed by atoms with E-state index in [2.05, 4.69) is 33.4 Å². The normalized spacial score (nSPS) is 12.2. The third kappa shape index (κ3) is 3.92. The first kappa shape index (κ1) is 11.2. The Kier molecular flexibility index (Phi) is 4.14. The summed E-state index contributed by atoms with van der Waals surface area (Å²) in [5.74, 6) is 0.0208. The molecule has 0 radical (unpaired) electrons. The van der Waals surface area contributed by atoms with E-state index in [1.807, 2.05) is 19.1 Å². The number of rotatable bonds is 3. The largest absolute Gasteiger partial charge is 0.354 e. The molecule has 0 saturated heterocycles. The number of benzene rings is 1. The molecule has 1 unspecified atom stereocenters. The van der Waals surface area contributed by atoms with Crippen molar-refractivity contribution in [2.75, 3.05) is 0 Å². The third-order valence-electron chi connectivity index (χ3n) is 1.88. The van der Waals surface area contributed by atoms with Crippen LogP contribution in [0.4, 0.5) is 0 Å². The third-order valence-corrected chi connectivity index (χ3v) is 2.37. The minimum atomic E-state index is 0.0208. The first-order chi connectivity index (χ1) is 6.58. The van der Waals surface area contributed by atoms with Crippen LogP contribution in [0.15, 0.2) is 28.7 Å². The Morgan fingerprint density at radius 3 is 2.86 bits per heavy atom. The minimum absolute atomic E-state index is 0.0208. The van der Waals surface area contributed by atoms with Gasteiger partial charge in [-0.05, 0) is 31.0 Å². The molecule has 0 bridgehead atoms. The second-order valence-electron chi connectivity index (χ2n) is 3.44. The highest BCUT2D eigenvalue weighted by Crippen LogP contribution is 2.12. The second-order valence-corrected chi connectivity index (χ2v) is 4.35. The Balaban J connectivity index is 2.55. The smallest absolute Gasteiger partial charge is 0.217 e. The molecule has 0 spiro atoms. The lowest BCUT2D eigenvalue weighted by atomic mass is 10.1. The number of carbonyl (C=O) groups is 1. The fourth-order valence-corrected chi connectivity index (χ4v) is 1.86. The average Bonchev–Trinajstić information content (AvgIpc) is 2.01. The summed E-state index contributed by atoms with van der Waals surface area (Å²) < 4.78 is 1.07. The van der Waals surface area contributed by atoms with Gasteiger partial charge in [0.2, 0.25) is 5.91 Å². The van der Waals surface area contributed by atoms with Gasteiger partial charge in [0.15, 0.2) is 0 Å². The van der Waals surface area contributed by atoms with Crippen LogP contribution in [0.5, 0.6) is 0 Å². The van der Waals surface area contributed by atoms with Gasteiger partial charge in [0.1, 0.15) is 0 Å². The van der Waals surface area contributed by atoms with Crippen LogP contribution in [-0.4, -0.2) is 11.9 Å². The Hall–Kier alpha value is -0.830. The maximum atomic E-state index is 10.8.